The highest BCUT2D eigenvalue weighted by Gasteiger charge is 2.21. The van der Waals surface area contributed by atoms with Crippen LogP contribution in [0.1, 0.15) is 31.3 Å². The van der Waals surface area contributed by atoms with Crippen LogP contribution in [0.2, 0.25) is 0 Å². The van der Waals surface area contributed by atoms with E-state index in [1.54, 1.807) is 0 Å². The Bertz CT molecular complexity index is 834. The van der Waals surface area contributed by atoms with Gasteiger partial charge in [-0.25, -0.2) is 19.3 Å². The summed E-state index contributed by atoms with van der Waals surface area (Å²) in [6.07, 6.45) is 1.11. The smallest absolute Gasteiger partial charge is 0.220 e. The monoisotopic (exact) mass is 305 g/mol. The summed E-state index contributed by atoms with van der Waals surface area (Å²) in [5.41, 5.74) is 7.65. The van der Waals surface area contributed by atoms with Crippen LogP contribution in [0, 0.1) is 19.7 Å². The van der Waals surface area contributed by atoms with Crippen LogP contribution in [0.25, 0.3) is 20.9 Å². The summed E-state index contributed by atoms with van der Waals surface area (Å²) in [5.74, 6) is 0.562. The first kappa shape index (κ1) is 13.9. The molecule has 7 heteroatoms. The molecule has 0 aliphatic carbocycles. The van der Waals surface area contributed by atoms with Crippen molar-refractivity contribution in [2.24, 2.45) is 0 Å². The first-order valence-electron chi connectivity index (χ1n) is 6.66. The minimum absolute atomic E-state index is 0.0692. The number of fused-ring (bicyclic) bond motifs is 1. The zero-order valence-corrected chi connectivity index (χ0v) is 13.1. The standard InChI is InChI=1S/C14H16FN5S/c1-6(2)20-8(4)18-10-7(3)12(21-13(10)20)11-9(15)5-17-14(16)19-11/h5-6H,1-4H3,(H2,16,17,19). The number of aryl methyl sites for hydroxylation is 2. The number of imidazole rings is 1. The van der Waals surface area contributed by atoms with E-state index < -0.39 is 5.82 Å². The summed E-state index contributed by atoms with van der Waals surface area (Å²) in [4.78, 5) is 14.1. The molecule has 0 saturated heterocycles. The molecule has 110 valence electrons. The lowest BCUT2D eigenvalue weighted by Crippen LogP contribution is -2.01. The van der Waals surface area contributed by atoms with Crippen molar-refractivity contribution in [1.82, 2.24) is 19.5 Å². The zero-order valence-electron chi connectivity index (χ0n) is 12.3. The van der Waals surface area contributed by atoms with Gasteiger partial charge in [-0.15, -0.1) is 11.3 Å². The lowest BCUT2D eigenvalue weighted by molar-refractivity contribution is 0.602. The van der Waals surface area contributed by atoms with E-state index in [0.29, 0.717) is 6.04 Å². The molecule has 0 unspecified atom stereocenters. The Morgan fingerprint density at radius 2 is 2.00 bits per heavy atom. The van der Waals surface area contributed by atoms with E-state index in [1.165, 1.54) is 11.3 Å². The molecule has 0 saturated carbocycles. The lowest BCUT2D eigenvalue weighted by atomic mass is 10.2. The summed E-state index contributed by atoms with van der Waals surface area (Å²) in [6.45, 7) is 8.12. The third-order valence-corrected chi connectivity index (χ3v) is 4.72. The fourth-order valence-corrected chi connectivity index (χ4v) is 3.94. The molecular weight excluding hydrogens is 289 g/mol. The first-order chi connectivity index (χ1) is 9.90. The third-order valence-electron chi connectivity index (χ3n) is 3.43. The van der Waals surface area contributed by atoms with Crippen molar-refractivity contribution >= 4 is 27.6 Å². The highest BCUT2D eigenvalue weighted by molar-refractivity contribution is 7.22. The number of rotatable bonds is 2. The van der Waals surface area contributed by atoms with Gasteiger partial charge in [0.05, 0.1) is 11.1 Å². The minimum Gasteiger partial charge on any atom is -0.368 e. The molecule has 3 aromatic rings. The van der Waals surface area contributed by atoms with E-state index in [0.717, 1.165) is 32.8 Å². The van der Waals surface area contributed by atoms with Gasteiger partial charge in [0.25, 0.3) is 0 Å². The molecule has 3 heterocycles. The Kier molecular flexibility index (Phi) is 3.16. The summed E-state index contributed by atoms with van der Waals surface area (Å²) < 4.78 is 16.2. The summed E-state index contributed by atoms with van der Waals surface area (Å²) in [5, 5.41) is 0. The van der Waals surface area contributed by atoms with Crippen LogP contribution >= 0.6 is 11.3 Å². The van der Waals surface area contributed by atoms with E-state index in [1.807, 2.05) is 13.8 Å². The van der Waals surface area contributed by atoms with Crippen LogP contribution < -0.4 is 5.73 Å². The molecule has 0 atom stereocenters. The van der Waals surface area contributed by atoms with Crippen molar-refractivity contribution in [2.75, 3.05) is 5.73 Å². The largest absolute Gasteiger partial charge is 0.368 e. The second kappa shape index (κ2) is 4.77. The maximum atomic E-state index is 14.0. The Morgan fingerprint density at radius 1 is 1.29 bits per heavy atom. The van der Waals surface area contributed by atoms with Crippen LogP contribution in [-0.4, -0.2) is 19.5 Å². The van der Waals surface area contributed by atoms with Crippen molar-refractivity contribution in [2.45, 2.75) is 33.7 Å². The van der Waals surface area contributed by atoms with Gasteiger partial charge in [-0.3, -0.25) is 0 Å². The van der Waals surface area contributed by atoms with Crippen LogP contribution in [0.4, 0.5) is 10.3 Å². The maximum Gasteiger partial charge on any atom is 0.220 e. The van der Waals surface area contributed by atoms with Crippen LogP contribution in [0.3, 0.4) is 0 Å². The van der Waals surface area contributed by atoms with Gasteiger partial charge in [0, 0.05) is 6.04 Å². The first-order valence-corrected chi connectivity index (χ1v) is 7.48. The van der Waals surface area contributed by atoms with Crippen molar-refractivity contribution in [1.29, 1.82) is 0 Å². The number of thiophene rings is 1. The Balaban J connectivity index is 2.30. The molecule has 2 N–H and O–H groups in total. The predicted octanol–water partition coefficient (Wildman–Crippen LogP) is 3.47. The molecule has 5 nitrogen and oxygen atoms in total. The number of nitrogens with zero attached hydrogens (tertiary/aromatic N) is 4. The molecule has 21 heavy (non-hydrogen) atoms. The number of nitrogens with two attached hydrogens (primary N) is 1. The van der Waals surface area contributed by atoms with Crippen molar-refractivity contribution < 1.29 is 4.39 Å². The molecule has 3 aromatic heterocycles. The summed E-state index contributed by atoms with van der Waals surface area (Å²) >= 11 is 1.49. The number of halogens is 1. The molecule has 0 fully saturated rings. The SMILES string of the molecule is Cc1c(-c2nc(N)ncc2F)sc2c1nc(C)n2C(C)C. The fraction of sp³-hybridized carbons (Fsp3) is 0.357. The number of anilines is 1. The quantitative estimate of drug-likeness (QED) is 0.787. The molecule has 0 aromatic carbocycles. The van der Waals surface area contributed by atoms with E-state index in [9.17, 15) is 4.39 Å². The number of nitrogen functional groups attached to an aromatic ring is 1. The molecule has 0 aliphatic rings. The Labute approximate surface area is 125 Å². The van der Waals surface area contributed by atoms with Crippen LogP contribution in [0.15, 0.2) is 6.20 Å². The average molecular weight is 305 g/mol. The van der Waals surface area contributed by atoms with Gasteiger partial charge >= 0.3 is 0 Å². The van der Waals surface area contributed by atoms with Gasteiger partial charge in [-0.05, 0) is 33.3 Å². The van der Waals surface area contributed by atoms with E-state index in [2.05, 4.69) is 33.4 Å². The molecule has 0 radical (unpaired) electrons. The normalized spacial score (nSPS) is 11.7. The van der Waals surface area contributed by atoms with Crippen molar-refractivity contribution in [3.05, 3.63) is 23.4 Å². The number of hydrogen-bond acceptors (Lipinski definition) is 5. The van der Waals surface area contributed by atoms with Crippen molar-refractivity contribution in [3.8, 4) is 10.6 Å². The molecule has 3 rings (SSSR count). The van der Waals surface area contributed by atoms with Gasteiger partial charge < -0.3 is 10.3 Å². The van der Waals surface area contributed by atoms with Crippen molar-refractivity contribution in [3.63, 3.8) is 0 Å². The highest BCUT2D eigenvalue weighted by Crippen LogP contribution is 2.39. The molecular formula is C14H16FN5S. The predicted molar refractivity (Wildman–Crippen MR) is 82.9 cm³/mol. The Morgan fingerprint density at radius 3 is 2.67 bits per heavy atom. The molecule has 0 amide bonds. The molecule has 0 spiro atoms. The molecule has 0 aliphatic heterocycles. The van der Waals surface area contributed by atoms with Gasteiger partial charge in [-0.1, -0.05) is 0 Å². The number of hydrogen-bond donors (Lipinski definition) is 1. The Hall–Kier alpha value is -2.02. The van der Waals surface area contributed by atoms with Gasteiger partial charge in [0.2, 0.25) is 5.95 Å². The van der Waals surface area contributed by atoms with E-state index in [-0.39, 0.29) is 11.6 Å². The van der Waals surface area contributed by atoms with Gasteiger partial charge in [0.15, 0.2) is 5.82 Å². The number of aromatic nitrogens is 4. The fourth-order valence-electron chi connectivity index (χ4n) is 2.52. The topological polar surface area (TPSA) is 69.6 Å². The molecule has 0 bridgehead atoms. The zero-order chi connectivity index (χ0) is 15.3. The average Bonchev–Trinajstić information content (AvgIpc) is 2.89. The summed E-state index contributed by atoms with van der Waals surface area (Å²) in [7, 11) is 0. The second-order valence-electron chi connectivity index (χ2n) is 5.26. The second-order valence-corrected chi connectivity index (χ2v) is 6.26. The van der Waals surface area contributed by atoms with Gasteiger partial charge in [-0.2, -0.15) is 0 Å². The van der Waals surface area contributed by atoms with Crippen LogP contribution in [-0.2, 0) is 0 Å². The minimum atomic E-state index is -0.468. The summed E-state index contributed by atoms with van der Waals surface area (Å²) in [6, 6.07) is 0.293. The van der Waals surface area contributed by atoms with Crippen LogP contribution in [0.5, 0.6) is 0 Å². The maximum absolute atomic E-state index is 14.0. The highest BCUT2D eigenvalue weighted by atomic mass is 32.1. The lowest BCUT2D eigenvalue weighted by Gasteiger charge is -2.09. The van der Waals surface area contributed by atoms with E-state index >= 15 is 0 Å². The third kappa shape index (κ3) is 2.08. The van der Waals surface area contributed by atoms with E-state index in [4.69, 9.17) is 5.73 Å². The van der Waals surface area contributed by atoms with Gasteiger partial charge in [0.1, 0.15) is 21.9 Å².